The zero-order valence-corrected chi connectivity index (χ0v) is 21.8. The van der Waals surface area contributed by atoms with Gasteiger partial charge in [-0.1, -0.05) is 6.42 Å². The lowest BCUT2D eigenvalue weighted by Crippen LogP contribution is -2.42. The number of unbranched alkanes of at least 4 members (excludes halogenated alkanes) is 2. The molecule has 13 nitrogen and oxygen atoms in total. The van der Waals surface area contributed by atoms with Crippen molar-refractivity contribution in [3.63, 3.8) is 0 Å². The van der Waals surface area contributed by atoms with Gasteiger partial charge in [0.2, 0.25) is 5.91 Å². The molecular formula is C23H28F3N5O8S. The first-order valence-corrected chi connectivity index (χ1v) is 13.4. The zero-order valence-electron chi connectivity index (χ0n) is 21.0. The summed E-state index contributed by atoms with van der Waals surface area (Å²) in [6.45, 7) is -0.449. The maximum Gasteiger partial charge on any atom is 0.471 e. The molecule has 2 fully saturated rings. The number of carbonyl (C=O) groups excluding carboxylic acids is 3. The van der Waals surface area contributed by atoms with Crippen molar-refractivity contribution in [2.75, 3.05) is 23.7 Å². The van der Waals surface area contributed by atoms with Gasteiger partial charge >= 0.3 is 29.8 Å². The Morgan fingerprint density at radius 2 is 1.90 bits per heavy atom. The van der Waals surface area contributed by atoms with Crippen molar-refractivity contribution in [2.45, 2.75) is 62.0 Å². The molecule has 3 rings (SSSR count). The van der Waals surface area contributed by atoms with Gasteiger partial charge in [0.1, 0.15) is 5.56 Å². The summed E-state index contributed by atoms with van der Waals surface area (Å²) in [5, 5.41) is 38.9. The number of rotatable bonds is 13. The van der Waals surface area contributed by atoms with Gasteiger partial charge in [-0.25, -0.2) is 9.59 Å². The Labute approximate surface area is 230 Å². The molecule has 0 aliphatic carbocycles. The number of hydrogen-bond donors (Lipinski definition) is 5. The first-order valence-electron chi connectivity index (χ1n) is 12.4. The minimum atomic E-state index is -5.34. The lowest BCUT2D eigenvalue weighted by atomic mass is 10.0. The number of aromatic hydroxyl groups is 1. The van der Waals surface area contributed by atoms with Crippen LogP contribution in [0.15, 0.2) is 12.1 Å². The normalized spacial score (nSPS) is 19.9. The van der Waals surface area contributed by atoms with Gasteiger partial charge in [0, 0.05) is 42.3 Å². The summed E-state index contributed by atoms with van der Waals surface area (Å²) < 4.78 is 39.6. The summed E-state index contributed by atoms with van der Waals surface area (Å²) in [6, 6.07) is 1.09. The third-order valence-electron chi connectivity index (χ3n) is 6.50. The fourth-order valence-electron chi connectivity index (χ4n) is 4.60. The topological polar surface area (TPSA) is 191 Å². The Morgan fingerprint density at radius 3 is 2.55 bits per heavy atom. The summed E-state index contributed by atoms with van der Waals surface area (Å²) in [4.78, 5) is 57.0. The zero-order chi connectivity index (χ0) is 29.6. The van der Waals surface area contributed by atoms with Crippen LogP contribution in [-0.4, -0.2) is 81.3 Å². The van der Waals surface area contributed by atoms with Gasteiger partial charge in [-0.05, 0) is 31.7 Å². The van der Waals surface area contributed by atoms with E-state index in [1.54, 1.807) is 11.8 Å². The number of phenols is 1. The van der Waals surface area contributed by atoms with E-state index in [1.807, 2.05) is 0 Å². The number of urea groups is 1. The number of nitro groups is 1. The van der Waals surface area contributed by atoms with Gasteiger partial charge in [-0.15, -0.1) is 0 Å². The number of hydrogen-bond acceptors (Lipinski definition) is 8. The average molecular weight is 592 g/mol. The van der Waals surface area contributed by atoms with Crippen molar-refractivity contribution in [2.24, 2.45) is 0 Å². The molecule has 3 atom stereocenters. The van der Waals surface area contributed by atoms with Crippen molar-refractivity contribution < 1.29 is 47.5 Å². The van der Waals surface area contributed by atoms with Crippen LogP contribution >= 0.6 is 11.8 Å². The average Bonchev–Trinajstić information content (AvgIpc) is 3.41. The van der Waals surface area contributed by atoms with Crippen LogP contribution in [0.2, 0.25) is 0 Å². The van der Waals surface area contributed by atoms with E-state index in [2.05, 4.69) is 16.0 Å². The molecule has 40 heavy (non-hydrogen) atoms. The number of thioether (sulfide) groups is 1. The highest BCUT2D eigenvalue weighted by Gasteiger charge is 2.44. The van der Waals surface area contributed by atoms with E-state index < -0.39 is 52.2 Å². The molecule has 2 heterocycles. The van der Waals surface area contributed by atoms with Crippen molar-refractivity contribution >= 4 is 47.0 Å². The van der Waals surface area contributed by atoms with Crippen LogP contribution in [0.5, 0.6) is 5.75 Å². The number of nitrogens with one attached hydrogen (secondary N) is 3. The number of carbonyl (C=O) groups is 4. The molecule has 220 valence electrons. The number of nitro benzene ring substituents is 1. The predicted octanol–water partition coefficient (Wildman–Crippen LogP) is 2.52. The number of amides is 4. The Balaban J connectivity index is 1.47. The highest BCUT2D eigenvalue weighted by Crippen LogP contribution is 2.36. The second-order valence-corrected chi connectivity index (χ2v) is 10.6. The standard InChI is InChI=1S/C23H28F3N5O8S/c24-23(25,26)21(36)30(12-9-13(20(34)35)19(31(38)39)15(32)10-12)8-4-3-7-27-17(33)6-2-1-5-16-18-14(11-40-16)28-22(37)29-18/h9-10,14,16,18,32H,1-8,11H2,(H,27,33)(H,34,35)(H2,28,29,37). The molecule has 5 N–H and O–H groups in total. The van der Waals surface area contributed by atoms with Gasteiger partial charge in [0.15, 0.2) is 5.75 Å². The van der Waals surface area contributed by atoms with Crippen molar-refractivity contribution in [1.82, 2.24) is 16.0 Å². The Morgan fingerprint density at radius 1 is 1.18 bits per heavy atom. The summed E-state index contributed by atoms with van der Waals surface area (Å²) in [7, 11) is 0. The molecule has 0 saturated carbocycles. The summed E-state index contributed by atoms with van der Waals surface area (Å²) in [5.41, 5.74) is -2.97. The number of alkyl halides is 3. The Bertz CT molecular complexity index is 1170. The molecular weight excluding hydrogens is 563 g/mol. The summed E-state index contributed by atoms with van der Waals surface area (Å²) >= 11 is 1.77. The molecule has 0 radical (unpaired) electrons. The third kappa shape index (κ3) is 7.67. The van der Waals surface area contributed by atoms with Gasteiger partial charge in [0.25, 0.3) is 0 Å². The van der Waals surface area contributed by atoms with Gasteiger partial charge in [-0.3, -0.25) is 19.7 Å². The van der Waals surface area contributed by atoms with Crippen molar-refractivity contribution in [3.05, 3.63) is 27.8 Å². The van der Waals surface area contributed by atoms with Crippen LogP contribution in [0.4, 0.5) is 29.3 Å². The van der Waals surface area contributed by atoms with E-state index >= 15 is 0 Å². The molecule has 1 aromatic carbocycles. The fourth-order valence-corrected chi connectivity index (χ4v) is 6.14. The number of phenolic OH excluding ortho intramolecular Hbond substituents is 1. The third-order valence-corrected chi connectivity index (χ3v) is 8.01. The molecule has 1 aromatic rings. The predicted molar refractivity (Wildman–Crippen MR) is 136 cm³/mol. The van der Waals surface area contributed by atoms with Crippen LogP contribution in [0.25, 0.3) is 0 Å². The van der Waals surface area contributed by atoms with E-state index in [0.717, 1.165) is 18.6 Å². The second-order valence-electron chi connectivity index (χ2n) is 9.30. The molecule has 17 heteroatoms. The Kier molecular flexibility index (Phi) is 10.1. The highest BCUT2D eigenvalue weighted by atomic mass is 32.2. The summed E-state index contributed by atoms with van der Waals surface area (Å²) in [6.07, 6.45) is -2.73. The van der Waals surface area contributed by atoms with E-state index in [0.29, 0.717) is 18.6 Å². The van der Waals surface area contributed by atoms with Crippen LogP contribution in [-0.2, 0) is 9.59 Å². The first kappa shape index (κ1) is 30.8. The summed E-state index contributed by atoms with van der Waals surface area (Å²) in [5.74, 6) is -4.84. The number of aromatic carboxylic acids is 1. The molecule has 2 aliphatic heterocycles. The number of halogens is 3. The number of fused-ring (bicyclic) bond motifs is 1. The van der Waals surface area contributed by atoms with Gasteiger partial charge < -0.3 is 31.1 Å². The maximum atomic E-state index is 13.2. The largest absolute Gasteiger partial charge is 0.502 e. The smallest absolute Gasteiger partial charge is 0.471 e. The molecule has 0 aromatic heterocycles. The van der Waals surface area contributed by atoms with Crippen LogP contribution < -0.4 is 20.9 Å². The monoisotopic (exact) mass is 591 g/mol. The second kappa shape index (κ2) is 13.1. The van der Waals surface area contributed by atoms with E-state index in [-0.39, 0.29) is 60.0 Å². The fraction of sp³-hybridized carbons (Fsp3) is 0.565. The van der Waals surface area contributed by atoms with Crippen molar-refractivity contribution in [1.29, 1.82) is 0 Å². The van der Waals surface area contributed by atoms with Gasteiger partial charge in [-0.2, -0.15) is 24.9 Å². The number of carboxylic acids is 1. The van der Waals surface area contributed by atoms with Crippen LogP contribution in [0.3, 0.4) is 0 Å². The lowest BCUT2D eigenvalue weighted by Gasteiger charge is -2.24. The van der Waals surface area contributed by atoms with E-state index in [4.69, 9.17) is 0 Å². The van der Waals surface area contributed by atoms with Crippen LogP contribution in [0.1, 0.15) is 48.9 Å². The lowest BCUT2D eigenvalue weighted by molar-refractivity contribution is -0.386. The molecule has 0 spiro atoms. The highest BCUT2D eigenvalue weighted by molar-refractivity contribution is 8.00. The first-order chi connectivity index (χ1) is 18.8. The Hall–Kier alpha value is -3.76. The number of benzene rings is 1. The quantitative estimate of drug-likeness (QED) is 0.0993. The minimum absolute atomic E-state index is 0.0382. The SMILES string of the molecule is O=C(CCCCC1SCC2NC(=O)NC21)NCCCCN(C(=O)C(F)(F)F)c1cc(O)c([N+](=O)[O-])c(C(=O)O)c1. The molecule has 0 bridgehead atoms. The van der Waals surface area contributed by atoms with Gasteiger partial charge in [0.05, 0.1) is 17.0 Å². The maximum absolute atomic E-state index is 13.2. The van der Waals surface area contributed by atoms with Crippen molar-refractivity contribution in [3.8, 4) is 5.75 Å². The molecule has 2 aliphatic rings. The molecule has 4 amide bonds. The number of carboxylic acid groups (broad SMARTS) is 1. The number of nitrogens with zero attached hydrogens (tertiary/aromatic N) is 2. The van der Waals surface area contributed by atoms with E-state index in [9.17, 15) is 52.7 Å². The number of anilines is 1. The van der Waals surface area contributed by atoms with Crippen LogP contribution in [0, 0.1) is 10.1 Å². The minimum Gasteiger partial charge on any atom is -0.502 e. The molecule has 3 unspecified atom stereocenters. The molecule has 2 saturated heterocycles. The van der Waals surface area contributed by atoms with E-state index in [1.165, 1.54) is 0 Å².